The second kappa shape index (κ2) is 6.44. The average Bonchev–Trinajstić information content (AvgIpc) is 2.29. The molecule has 1 atom stereocenters. The van der Waals surface area contributed by atoms with E-state index < -0.39 is 0 Å². The lowest BCUT2D eigenvalue weighted by Gasteiger charge is -2.20. The van der Waals surface area contributed by atoms with Crippen LogP contribution < -0.4 is 5.32 Å². The van der Waals surface area contributed by atoms with Crippen molar-refractivity contribution in [2.75, 3.05) is 6.54 Å². The molecule has 0 spiro atoms. The number of nitrogens with zero attached hydrogens (tertiary/aromatic N) is 1. The average molecular weight is 218 g/mol. The zero-order chi connectivity index (χ0) is 12.0. The molecule has 1 unspecified atom stereocenters. The van der Waals surface area contributed by atoms with Gasteiger partial charge in [0.1, 0.15) is 0 Å². The second-order valence-corrected chi connectivity index (χ2v) is 4.15. The van der Waals surface area contributed by atoms with Crippen molar-refractivity contribution in [1.82, 2.24) is 10.3 Å². The third-order valence-electron chi connectivity index (χ3n) is 2.90. The van der Waals surface area contributed by atoms with Gasteiger partial charge in [-0.05, 0) is 43.5 Å². The molecule has 2 nitrogen and oxygen atoms in total. The largest absolute Gasteiger partial charge is 0.310 e. The van der Waals surface area contributed by atoms with E-state index in [1.807, 2.05) is 12.4 Å². The molecule has 1 aromatic heterocycles. The van der Waals surface area contributed by atoms with Gasteiger partial charge in [0.25, 0.3) is 0 Å². The Balaban J connectivity index is 2.85. The van der Waals surface area contributed by atoms with Gasteiger partial charge in [0.05, 0.1) is 0 Å². The predicted octanol–water partition coefficient (Wildman–Crippen LogP) is 3.40. The standard InChI is InChI=1S/C14H22N2/c1-5-11(3)9-14(16-6-2)13-10-15-8-7-12(13)4/h7-8,10,14,16H,3,5-6,9H2,1-2,4H3. The van der Waals surface area contributed by atoms with E-state index in [0.717, 1.165) is 19.4 Å². The van der Waals surface area contributed by atoms with Crippen LogP contribution in [0.25, 0.3) is 0 Å². The number of hydrogen-bond donors (Lipinski definition) is 1. The number of pyridine rings is 1. The van der Waals surface area contributed by atoms with Crippen LogP contribution in [0, 0.1) is 6.92 Å². The zero-order valence-electron chi connectivity index (χ0n) is 10.6. The molecule has 88 valence electrons. The Kier molecular flexibility index (Phi) is 5.20. The van der Waals surface area contributed by atoms with Crippen molar-refractivity contribution >= 4 is 0 Å². The van der Waals surface area contributed by atoms with Crippen molar-refractivity contribution in [1.29, 1.82) is 0 Å². The molecular weight excluding hydrogens is 196 g/mol. The Morgan fingerprint density at radius 3 is 2.81 bits per heavy atom. The van der Waals surface area contributed by atoms with Gasteiger partial charge < -0.3 is 5.32 Å². The highest BCUT2D eigenvalue weighted by Gasteiger charge is 2.13. The van der Waals surface area contributed by atoms with Crippen molar-refractivity contribution in [2.24, 2.45) is 0 Å². The Morgan fingerprint density at radius 1 is 1.50 bits per heavy atom. The number of hydrogen-bond acceptors (Lipinski definition) is 2. The summed E-state index contributed by atoms with van der Waals surface area (Å²) in [5.74, 6) is 0. The number of aryl methyl sites for hydroxylation is 1. The summed E-state index contributed by atoms with van der Waals surface area (Å²) in [6, 6.07) is 2.42. The lowest BCUT2D eigenvalue weighted by molar-refractivity contribution is 0.539. The van der Waals surface area contributed by atoms with Gasteiger partial charge in [-0.15, -0.1) is 0 Å². The third-order valence-corrected chi connectivity index (χ3v) is 2.90. The fraction of sp³-hybridized carbons (Fsp3) is 0.500. The van der Waals surface area contributed by atoms with E-state index in [0.29, 0.717) is 6.04 Å². The minimum absolute atomic E-state index is 0.353. The van der Waals surface area contributed by atoms with Crippen LogP contribution in [-0.4, -0.2) is 11.5 Å². The van der Waals surface area contributed by atoms with Gasteiger partial charge in [-0.2, -0.15) is 0 Å². The van der Waals surface area contributed by atoms with E-state index in [2.05, 4.69) is 43.7 Å². The lowest BCUT2D eigenvalue weighted by Crippen LogP contribution is -2.22. The summed E-state index contributed by atoms with van der Waals surface area (Å²) in [6.45, 7) is 11.5. The molecule has 0 aliphatic carbocycles. The van der Waals surface area contributed by atoms with Gasteiger partial charge in [0.15, 0.2) is 0 Å². The second-order valence-electron chi connectivity index (χ2n) is 4.15. The van der Waals surface area contributed by atoms with Crippen LogP contribution in [0.5, 0.6) is 0 Å². The summed E-state index contributed by atoms with van der Waals surface area (Å²) in [4.78, 5) is 4.21. The van der Waals surface area contributed by atoms with E-state index in [1.165, 1.54) is 16.7 Å². The van der Waals surface area contributed by atoms with Gasteiger partial charge in [0.2, 0.25) is 0 Å². The molecule has 0 radical (unpaired) electrons. The highest BCUT2D eigenvalue weighted by molar-refractivity contribution is 5.26. The van der Waals surface area contributed by atoms with Gasteiger partial charge in [-0.3, -0.25) is 4.98 Å². The molecule has 0 amide bonds. The van der Waals surface area contributed by atoms with E-state index in [9.17, 15) is 0 Å². The number of rotatable bonds is 6. The number of nitrogens with one attached hydrogen (secondary N) is 1. The van der Waals surface area contributed by atoms with Crippen LogP contribution in [0.15, 0.2) is 30.6 Å². The molecule has 0 aromatic carbocycles. The first kappa shape index (κ1) is 12.9. The molecule has 0 fully saturated rings. The monoisotopic (exact) mass is 218 g/mol. The van der Waals surface area contributed by atoms with Crippen LogP contribution in [0.1, 0.15) is 43.9 Å². The molecule has 0 aliphatic heterocycles. The molecule has 1 rings (SSSR count). The first-order chi connectivity index (χ1) is 7.69. The van der Waals surface area contributed by atoms with Gasteiger partial charge in [-0.1, -0.05) is 26.0 Å². The summed E-state index contributed by atoms with van der Waals surface area (Å²) >= 11 is 0. The Hall–Kier alpha value is -1.15. The van der Waals surface area contributed by atoms with Crippen molar-refractivity contribution < 1.29 is 0 Å². The summed E-state index contributed by atoms with van der Waals surface area (Å²) < 4.78 is 0. The summed E-state index contributed by atoms with van der Waals surface area (Å²) in [7, 11) is 0. The fourth-order valence-electron chi connectivity index (χ4n) is 1.81. The maximum Gasteiger partial charge on any atom is 0.0375 e. The Bertz CT molecular complexity index is 344. The van der Waals surface area contributed by atoms with Gasteiger partial charge >= 0.3 is 0 Å². The molecule has 0 saturated carbocycles. The first-order valence-electron chi connectivity index (χ1n) is 5.99. The smallest absolute Gasteiger partial charge is 0.0375 e. The van der Waals surface area contributed by atoms with Crippen molar-refractivity contribution in [3.8, 4) is 0 Å². The highest BCUT2D eigenvalue weighted by Crippen LogP contribution is 2.23. The maximum absolute atomic E-state index is 4.21. The van der Waals surface area contributed by atoms with E-state index in [1.54, 1.807) is 0 Å². The summed E-state index contributed by atoms with van der Waals surface area (Å²) in [5.41, 5.74) is 3.87. The van der Waals surface area contributed by atoms with Gasteiger partial charge in [0, 0.05) is 18.4 Å². The van der Waals surface area contributed by atoms with E-state index >= 15 is 0 Å². The predicted molar refractivity (Wildman–Crippen MR) is 69.4 cm³/mol. The van der Waals surface area contributed by atoms with E-state index in [4.69, 9.17) is 0 Å². The Labute approximate surface area is 98.8 Å². The van der Waals surface area contributed by atoms with Crippen LogP contribution >= 0.6 is 0 Å². The SMILES string of the molecule is C=C(CC)CC(NCC)c1cnccc1C. The normalized spacial score (nSPS) is 12.4. The molecule has 2 heteroatoms. The molecule has 1 aromatic rings. The summed E-state index contributed by atoms with van der Waals surface area (Å²) in [5, 5.41) is 3.50. The molecule has 1 heterocycles. The summed E-state index contributed by atoms with van der Waals surface area (Å²) in [6.07, 6.45) is 5.85. The van der Waals surface area contributed by atoms with Gasteiger partial charge in [-0.25, -0.2) is 0 Å². The lowest BCUT2D eigenvalue weighted by atomic mass is 9.96. The number of aromatic nitrogens is 1. The molecule has 16 heavy (non-hydrogen) atoms. The fourth-order valence-corrected chi connectivity index (χ4v) is 1.81. The maximum atomic E-state index is 4.21. The van der Waals surface area contributed by atoms with Crippen molar-refractivity contribution in [3.05, 3.63) is 41.7 Å². The topological polar surface area (TPSA) is 24.9 Å². The third kappa shape index (κ3) is 3.46. The molecule has 0 saturated heterocycles. The Morgan fingerprint density at radius 2 is 2.25 bits per heavy atom. The molecular formula is C14H22N2. The van der Waals surface area contributed by atoms with Crippen LogP contribution in [0.4, 0.5) is 0 Å². The van der Waals surface area contributed by atoms with Crippen LogP contribution in [-0.2, 0) is 0 Å². The van der Waals surface area contributed by atoms with E-state index in [-0.39, 0.29) is 0 Å². The highest BCUT2D eigenvalue weighted by atomic mass is 14.9. The van der Waals surface area contributed by atoms with Crippen molar-refractivity contribution in [3.63, 3.8) is 0 Å². The minimum atomic E-state index is 0.353. The molecule has 0 aliphatic rings. The van der Waals surface area contributed by atoms with Crippen LogP contribution in [0.3, 0.4) is 0 Å². The zero-order valence-corrected chi connectivity index (χ0v) is 10.6. The minimum Gasteiger partial charge on any atom is -0.310 e. The van der Waals surface area contributed by atoms with Crippen LogP contribution in [0.2, 0.25) is 0 Å². The molecule has 1 N–H and O–H groups in total. The van der Waals surface area contributed by atoms with Crippen molar-refractivity contribution in [2.45, 2.75) is 39.7 Å². The molecule has 0 bridgehead atoms. The quantitative estimate of drug-likeness (QED) is 0.740. The first-order valence-corrected chi connectivity index (χ1v) is 5.99.